The molecule has 1 aliphatic rings. The van der Waals surface area contributed by atoms with Crippen molar-refractivity contribution in [2.24, 2.45) is 7.05 Å². The van der Waals surface area contributed by atoms with Crippen molar-refractivity contribution in [2.45, 2.75) is 45.4 Å². The van der Waals surface area contributed by atoms with Crippen LogP contribution in [0.3, 0.4) is 0 Å². The zero-order valence-electron chi connectivity index (χ0n) is 15.9. The average molecular weight is 343 g/mol. The number of ether oxygens (including phenoxy) is 1. The molecule has 136 valence electrons. The molecule has 0 bridgehead atoms. The van der Waals surface area contributed by atoms with E-state index in [4.69, 9.17) is 4.74 Å². The molecule has 1 N–H and O–H groups in total. The summed E-state index contributed by atoms with van der Waals surface area (Å²) in [5.41, 5.74) is 1.65. The van der Waals surface area contributed by atoms with Crippen molar-refractivity contribution in [3.8, 4) is 0 Å². The third kappa shape index (κ3) is 3.72. The molecule has 0 aliphatic carbocycles. The Labute approximate surface area is 149 Å². The number of amides is 1. The molecule has 0 radical (unpaired) electrons. The van der Waals surface area contributed by atoms with Gasteiger partial charge in [-0.25, -0.2) is 0 Å². The fourth-order valence-electron chi connectivity index (χ4n) is 3.68. The van der Waals surface area contributed by atoms with Gasteiger partial charge in [-0.05, 0) is 39.8 Å². The smallest absolute Gasteiger partial charge is 0.267 e. The van der Waals surface area contributed by atoms with Crippen LogP contribution in [-0.2, 0) is 11.8 Å². The molecule has 25 heavy (non-hydrogen) atoms. The minimum Gasteiger partial charge on any atom is -0.373 e. The highest BCUT2D eigenvalue weighted by molar-refractivity contribution is 5.98. The number of aromatic nitrogens is 1. The summed E-state index contributed by atoms with van der Waals surface area (Å²) >= 11 is 0. The van der Waals surface area contributed by atoms with Crippen LogP contribution in [0.2, 0.25) is 0 Å². The molecule has 0 spiro atoms. The molecule has 2 atom stereocenters. The second-order valence-electron chi connectivity index (χ2n) is 7.80. The number of fused-ring (bicyclic) bond motifs is 1. The molecule has 3 rings (SSSR count). The Balaban J connectivity index is 1.69. The van der Waals surface area contributed by atoms with Crippen molar-refractivity contribution in [2.75, 3.05) is 19.6 Å². The fourth-order valence-corrected chi connectivity index (χ4v) is 3.68. The van der Waals surface area contributed by atoms with E-state index >= 15 is 0 Å². The number of morpholine rings is 1. The monoisotopic (exact) mass is 343 g/mol. The van der Waals surface area contributed by atoms with Crippen LogP contribution in [0.25, 0.3) is 10.9 Å². The van der Waals surface area contributed by atoms with E-state index in [9.17, 15) is 4.79 Å². The summed E-state index contributed by atoms with van der Waals surface area (Å²) in [5.74, 6) is -0.0267. The Morgan fingerprint density at radius 2 is 1.88 bits per heavy atom. The summed E-state index contributed by atoms with van der Waals surface area (Å²) in [6.45, 7) is 11.0. The van der Waals surface area contributed by atoms with Crippen molar-refractivity contribution >= 4 is 16.8 Å². The molecule has 0 saturated carbocycles. The number of nitrogens with one attached hydrogen (secondary N) is 1. The van der Waals surface area contributed by atoms with Gasteiger partial charge in [-0.2, -0.15) is 0 Å². The van der Waals surface area contributed by atoms with Gasteiger partial charge in [0.05, 0.1) is 12.2 Å². The van der Waals surface area contributed by atoms with E-state index in [0.717, 1.165) is 24.0 Å². The lowest BCUT2D eigenvalue weighted by molar-refractivity contribution is -0.0948. The summed E-state index contributed by atoms with van der Waals surface area (Å²) in [7, 11) is 1.94. The van der Waals surface area contributed by atoms with Crippen molar-refractivity contribution in [3.05, 3.63) is 36.0 Å². The molecule has 5 heteroatoms. The first-order valence-corrected chi connectivity index (χ1v) is 9.01. The maximum absolute atomic E-state index is 12.7. The van der Waals surface area contributed by atoms with Crippen molar-refractivity contribution in [1.82, 2.24) is 14.8 Å². The van der Waals surface area contributed by atoms with Gasteiger partial charge in [-0.3, -0.25) is 9.69 Å². The fraction of sp³-hybridized carbons (Fsp3) is 0.550. The Kier molecular flexibility index (Phi) is 4.89. The maximum atomic E-state index is 12.7. The number of para-hydroxylation sites is 1. The van der Waals surface area contributed by atoms with E-state index in [1.54, 1.807) is 0 Å². The molecule has 5 nitrogen and oxygen atoms in total. The third-order valence-electron chi connectivity index (χ3n) is 5.14. The normalized spacial score (nSPS) is 22.3. The first-order chi connectivity index (χ1) is 11.8. The van der Waals surface area contributed by atoms with Crippen LogP contribution in [0, 0.1) is 0 Å². The number of hydrogen-bond donors (Lipinski definition) is 1. The summed E-state index contributed by atoms with van der Waals surface area (Å²) in [6, 6.07) is 10.0. The minimum absolute atomic E-state index is 0.0267. The molecule has 2 unspecified atom stereocenters. The van der Waals surface area contributed by atoms with Crippen LogP contribution in [0.5, 0.6) is 0 Å². The number of nitrogens with zero attached hydrogens (tertiary/aromatic N) is 2. The molecular weight excluding hydrogens is 314 g/mol. The Morgan fingerprint density at radius 1 is 1.24 bits per heavy atom. The van der Waals surface area contributed by atoms with E-state index in [1.165, 1.54) is 0 Å². The number of aryl methyl sites for hydroxylation is 1. The summed E-state index contributed by atoms with van der Waals surface area (Å²) in [4.78, 5) is 15.1. The Bertz CT molecular complexity index is 755. The maximum Gasteiger partial charge on any atom is 0.267 e. The number of benzene rings is 1. The highest BCUT2D eigenvalue weighted by Crippen LogP contribution is 2.22. The van der Waals surface area contributed by atoms with Gasteiger partial charge < -0.3 is 14.6 Å². The van der Waals surface area contributed by atoms with Gasteiger partial charge in [-0.1, -0.05) is 18.2 Å². The van der Waals surface area contributed by atoms with Crippen LogP contribution in [0.15, 0.2) is 30.3 Å². The van der Waals surface area contributed by atoms with Crippen molar-refractivity contribution in [3.63, 3.8) is 0 Å². The predicted molar refractivity (Wildman–Crippen MR) is 101 cm³/mol. The lowest BCUT2D eigenvalue weighted by atomic mass is 10.00. The van der Waals surface area contributed by atoms with Crippen LogP contribution >= 0.6 is 0 Å². The lowest BCUT2D eigenvalue weighted by Gasteiger charge is -2.45. The lowest BCUT2D eigenvalue weighted by Crippen LogP contribution is -2.58. The van der Waals surface area contributed by atoms with Crippen LogP contribution in [-0.4, -0.2) is 52.8 Å². The number of hydrogen-bond acceptors (Lipinski definition) is 3. The average Bonchev–Trinajstić information content (AvgIpc) is 2.89. The summed E-state index contributed by atoms with van der Waals surface area (Å²) < 4.78 is 7.78. The molecule has 1 aromatic carbocycles. The van der Waals surface area contributed by atoms with E-state index in [0.29, 0.717) is 12.2 Å². The Morgan fingerprint density at radius 3 is 2.52 bits per heavy atom. The molecule has 1 saturated heterocycles. The second kappa shape index (κ2) is 6.81. The van der Waals surface area contributed by atoms with Gasteiger partial charge in [0.1, 0.15) is 5.69 Å². The largest absolute Gasteiger partial charge is 0.373 e. The highest BCUT2D eigenvalue weighted by atomic mass is 16.5. The first kappa shape index (κ1) is 18.0. The molecular formula is C20H29N3O2. The number of carbonyl (C=O) groups is 1. The molecule has 1 amide bonds. The standard InChI is InChI=1S/C20H29N3O2/c1-14-11-23(12-15(2)25-14)20(3,4)13-21-19(24)18-10-16-8-6-7-9-17(16)22(18)5/h6-10,14-15H,11-13H2,1-5H3,(H,21,24). The molecule has 2 heterocycles. The van der Waals surface area contributed by atoms with Crippen molar-refractivity contribution in [1.29, 1.82) is 0 Å². The highest BCUT2D eigenvalue weighted by Gasteiger charge is 2.33. The van der Waals surface area contributed by atoms with Gasteiger partial charge in [-0.15, -0.1) is 0 Å². The molecule has 1 fully saturated rings. The molecule has 2 aromatic rings. The summed E-state index contributed by atoms with van der Waals surface area (Å²) in [6.07, 6.45) is 0.439. The van der Waals surface area contributed by atoms with Gasteiger partial charge in [0.15, 0.2) is 0 Å². The Hall–Kier alpha value is -1.85. The number of rotatable bonds is 4. The second-order valence-corrected chi connectivity index (χ2v) is 7.80. The SMILES string of the molecule is CC1CN(C(C)(C)CNC(=O)c2cc3ccccc3n2C)CC(C)O1. The van der Waals surface area contributed by atoms with Crippen molar-refractivity contribution < 1.29 is 9.53 Å². The first-order valence-electron chi connectivity index (χ1n) is 9.01. The number of carbonyl (C=O) groups excluding carboxylic acids is 1. The summed E-state index contributed by atoms with van der Waals surface area (Å²) in [5, 5.41) is 4.21. The van der Waals surface area contributed by atoms with E-state index in [1.807, 2.05) is 41.9 Å². The van der Waals surface area contributed by atoms with Gasteiger partial charge in [0.25, 0.3) is 5.91 Å². The zero-order chi connectivity index (χ0) is 18.2. The van der Waals surface area contributed by atoms with Crippen LogP contribution < -0.4 is 5.32 Å². The quantitative estimate of drug-likeness (QED) is 0.928. The predicted octanol–water partition coefficient (Wildman–Crippen LogP) is 2.80. The van der Waals surface area contributed by atoms with Gasteiger partial charge in [0, 0.05) is 43.1 Å². The topological polar surface area (TPSA) is 46.5 Å². The van der Waals surface area contributed by atoms with E-state index < -0.39 is 0 Å². The van der Waals surface area contributed by atoms with Crippen LogP contribution in [0.4, 0.5) is 0 Å². The molecule has 1 aromatic heterocycles. The minimum atomic E-state index is -0.119. The van der Waals surface area contributed by atoms with E-state index in [-0.39, 0.29) is 23.7 Å². The van der Waals surface area contributed by atoms with Gasteiger partial charge in [0.2, 0.25) is 0 Å². The van der Waals surface area contributed by atoms with Gasteiger partial charge >= 0.3 is 0 Å². The zero-order valence-corrected chi connectivity index (χ0v) is 15.9. The van der Waals surface area contributed by atoms with Crippen LogP contribution in [0.1, 0.15) is 38.2 Å². The molecule has 1 aliphatic heterocycles. The third-order valence-corrected chi connectivity index (χ3v) is 5.14. The van der Waals surface area contributed by atoms with E-state index in [2.05, 4.69) is 37.9 Å².